The average molecular weight is 460 g/mol. The molecule has 0 saturated heterocycles. The fourth-order valence-corrected chi connectivity index (χ4v) is 6.84. The summed E-state index contributed by atoms with van der Waals surface area (Å²) in [6.07, 6.45) is 6.83. The van der Waals surface area contributed by atoms with Crippen molar-refractivity contribution in [1.82, 2.24) is 0 Å². The van der Waals surface area contributed by atoms with Crippen molar-refractivity contribution in [3.63, 3.8) is 0 Å². The van der Waals surface area contributed by atoms with Crippen LogP contribution in [0.1, 0.15) is 44.7 Å². The summed E-state index contributed by atoms with van der Waals surface area (Å²) in [5, 5.41) is 10.6. The average Bonchev–Trinajstić information content (AvgIpc) is 2.52. The third-order valence-corrected chi connectivity index (χ3v) is 8.87. The second-order valence-corrected chi connectivity index (χ2v) is 10.7. The summed E-state index contributed by atoms with van der Waals surface area (Å²) in [7, 11) is 0. The number of rotatable bonds is 7. The van der Waals surface area contributed by atoms with Crippen LogP contribution in [0.4, 0.5) is 0 Å². The first-order valence-corrected chi connectivity index (χ1v) is 12.5. The molecule has 2 nitrogen and oxygen atoms in total. The van der Waals surface area contributed by atoms with E-state index >= 15 is 0 Å². The minimum absolute atomic E-state index is 0.349. The molecule has 0 unspecified atom stereocenters. The van der Waals surface area contributed by atoms with Crippen molar-refractivity contribution in [2.24, 2.45) is 0 Å². The summed E-state index contributed by atoms with van der Waals surface area (Å²) in [6, 6.07) is 6.36. The van der Waals surface area contributed by atoms with Crippen LogP contribution in [0.25, 0.3) is 4.91 Å². The van der Waals surface area contributed by atoms with Crippen LogP contribution in [0, 0.1) is 6.92 Å². The first kappa shape index (κ1) is 19.9. The molecule has 0 amide bonds. The van der Waals surface area contributed by atoms with Crippen LogP contribution in [0.15, 0.2) is 33.5 Å². The van der Waals surface area contributed by atoms with Crippen LogP contribution in [-0.2, 0) is 0 Å². The molecule has 0 saturated carbocycles. The van der Waals surface area contributed by atoms with Crippen molar-refractivity contribution in [3.8, 4) is 5.75 Å². The molecule has 0 fully saturated rings. The van der Waals surface area contributed by atoms with Gasteiger partial charge in [0, 0.05) is 0 Å². The first-order chi connectivity index (χ1) is 11.4. The van der Waals surface area contributed by atoms with Crippen LogP contribution < -0.4 is 4.74 Å². The summed E-state index contributed by atoms with van der Waals surface area (Å²) < 4.78 is 8.45. The Bertz CT molecular complexity index is 642. The summed E-state index contributed by atoms with van der Waals surface area (Å²) in [5.74, 6) is 0.967. The molecular weight excluding hydrogens is 432 g/mol. The first-order valence-electron chi connectivity index (χ1n) is 8.45. The fraction of sp³-hybridized carbons (Fsp3) is 0.500. The van der Waals surface area contributed by atoms with E-state index in [4.69, 9.17) is 4.74 Å². The van der Waals surface area contributed by atoms with Gasteiger partial charge in [0.25, 0.3) is 0 Å². The minimum atomic E-state index is -0.737. The Labute approximate surface area is 160 Å². The Kier molecular flexibility index (Phi) is 7.31. The zero-order chi connectivity index (χ0) is 17.7. The molecule has 1 aliphatic heterocycles. The molecule has 0 atom stereocenters. The molecule has 0 aliphatic carbocycles. The third kappa shape index (κ3) is 5.05. The van der Waals surface area contributed by atoms with Gasteiger partial charge in [-0.15, -0.1) is 0 Å². The molecule has 1 aromatic carbocycles. The van der Waals surface area contributed by atoms with E-state index in [-0.39, 0.29) is 20.9 Å². The van der Waals surface area contributed by atoms with Gasteiger partial charge in [0.1, 0.15) is 0 Å². The van der Waals surface area contributed by atoms with Crippen molar-refractivity contribution in [2.75, 3.05) is 12.9 Å². The van der Waals surface area contributed by atoms with Crippen LogP contribution in [0.2, 0.25) is 4.47 Å². The molecule has 0 radical (unpaired) electrons. The second-order valence-electron chi connectivity index (χ2n) is 6.62. The van der Waals surface area contributed by atoms with Gasteiger partial charge in [-0.25, -0.2) is 0 Å². The Morgan fingerprint density at radius 2 is 2.17 bits per heavy atom. The molecule has 1 aromatic rings. The van der Waals surface area contributed by atoms with Gasteiger partial charge in [0.15, 0.2) is 0 Å². The van der Waals surface area contributed by atoms with E-state index in [0.717, 1.165) is 5.75 Å². The Morgan fingerprint density at radius 3 is 2.79 bits per heavy atom. The van der Waals surface area contributed by atoms with E-state index < -0.39 is 5.60 Å². The summed E-state index contributed by atoms with van der Waals surface area (Å²) in [4.78, 5) is 1.28. The van der Waals surface area contributed by atoms with Crippen molar-refractivity contribution >= 4 is 37.6 Å². The zero-order valence-corrected chi connectivity index (χ0v) is 18.5. The number of aliphatic hydroxyl groups is 1. The molecule has 0 spiro atoms. The van der Waals surface area contributed by atoms with Gasteiger partial charge in [0.05, 0.1) is 0 Å². The Balaban J connectivity index is 2.42. The normalized spacial score (nSPS) is 15.3. The van der Waals surface area contributed by atoms with Gasteiger partial charge in [-0.1, -0.05) is 0 Å². The molecule has 0 aromatic heterocycles. The molecule has 1 aliphatic rings. The number of thioether (sulfide) groups is 1. The number of ether oxygens (including phenoxy) is 1. The van der Waals surface area contributed by atoms with E-state index in [0.29, 0.717) is 6.61 Å². The quantitative estimate of drug-likeness (QED) is 0.457. The van der Waals surface area contributed by atoms with Gasteiger partial charge in [-0.05, 0) is 0 Å². The number of hydrogen-bond acceptors (Lipinski definition) is 3. The maximum atomic E-state index is 10.6. The van der Waals surface area contributed by atoms with Crippen LogP contribution in [0.3, 0.4) is 0 Å². The van der Waals surface area contributed by atoms with Gasteiger partial charge in [-0.2, -0.15) is 0 Å². The molecule has 0 bridgehead atoms. The zero-order valence-electron chi connectivity index (χ0n) is 15.3. The van der Waals surface area contributed by atoms with E-state index in [2.05, 4.69) is 44.4 Å². The molecular formula is C20H28O2STe. The standard InChI is InChI=1S/C20H28O2STe/c1-6-7-10-24-18(20(3,4)21)12-15-13-22-17-9-8-14(2)11-16(17)19(15)23-5/h8-9,11-12,21H,6-7,10,13H2,1-5H3/b18-12+. The van der Waals surface area contributed by atoms with Crippen LogP contribution >= 0.6 is 11.8 Å². The third-order valence-electron chi connectivity index (χ3n) is 3.92. The van der Waals surface area contributed by atoms with E-state index in [1.54, 1.807) is 11.8 Å². The number of unbranched alkanes of at least 4 members (excludes halogenated alkanes) is 1. The van der Waals surface area contributed by atoms with Crippen molar-refractivity contribution in [2.45, 2.75) is 50.6 Å². The molecule has 24 heavy (non-hydrogen) atoms. The van der Waals surface area contributed by atoms with Crippen LogP contribution in [0.5, 0.6) is 5.75 Å². The molecule has 2 rings (SSSR count). The number of fused-ring (bicyclic) bond motifs is 1. The SMILES string of the molecule is CCCC[Te]/C(=C/C1=C(SC)c2cc(C)ccc2OC1)C(C)(C)O. The van der Waals surface area contributed by atoms with Crippen molar-refractivity contribution < 1.29 is 9.84 Å². The molecule has 4 heteroatoms. The van der Waals surface area contributed by atoms with Crippen molar-refractivity contribution in [1.29, 1.82) is 0 Å². The van der Waals surface area contributed by atoms with Gasteiger partial charge in [0.2, 0.25) is 0 Å². The Hall–Kier alpha value is -0.400. The van der Waals surface area contributed by atoms with E-state index in [1.807, 2.05) is 13.8 Å². The molecule has 1 N–H and O–H groups in total. The van der Waals surface area contributed by atoms with Gasteiger partial charge in [-0.3, -0.25) is 0 Å². The molecule has 1 heterocycles. The fourth-order valence-electron chi connectivity index (χ4n) is 2.57. The number of hydrogen-bond donors (Lipinski definition) is 1. The number of aryl methyl sites for hydroxylation is 1. The maximum absolute atomic E-state index is 10.6. The summed E-state index contributed by atoms with van der Waals surface area (Å²) >= 11 is 1.43. The number of benzene rings is 1. The van der Waals surface area contributed by atoms with Crippen molar-refractivity contribution in [3.05, 3.63) is 44.6 Å². The van der Waals surface area contributed by atoms with Gasteiger partial charge >= 0.3 is 161 Å². The van der Waals surface area contributed by atoms with E-state index in [9.17, 15) is 5.11 Å². The predicted octanol–water partition coefficient (Wildman–Crippen LogP) is 5.04. The second kappa shape index (κ2) is 8.81. The summed E-state index contributed by atoms with van der Waals surface area (Å²) in [6.45, 7) is 8.75. The van der Waals surface area contributed by atoms with E-state index in [1.165, 1.54) is 42.5 Å². The van der Waals surface area contributed by atoms with Crippen LogP contribution in [-0.4, -0.2) is 44.5 Å². The topological polar surface area (TPSA) is 29.5 Å². The Morgan fingerprint density at radius 1 is 1.42 bits per heavy atom. The predicted molar refractivity (Wildman–Crippen MR) is 107 cm³/mol. The van der Waals surface area contributed by atoms with Gasteiger partial charge < -0.3 is 0 Å². The molecule has 132 valence electrons. The monoisotopic (exact) mass is 462 g/mol. The summed E-state index contributed by atoms with van der Waals surface area (Å²) in [5.41, 5.74) is 2.90.